The van der Waals surface area contributed by atoms with Gasteiger partial charge >= 0.3 is 0 Å². The molecular weight excluding hydrogens is 326 g/mol. The van der Waals surface area contributed by atoms with Gasteiger partial charge in [0, 0.05) is 35.7 Å². The maximum atomic E-state index is 12.4. The van der Waals surface area contributed by atoms with Crippen LogP contribution in [0.5, 0.6) is 0 Å². The van der Waals surface area contributed by atoms with Crippen molar-refractivity contribution in [3.63, 3.8) is 0 Å². The van der Waals surface area contributed by atoms with Gasteiger partial charge in [0.25, 0.3) is 5.91 Å². The first-order chi connectivity index (χ1) is 11.6. The van der Waals surface area contributed by atoms with Gasteiger partial charge in [0.2, 0.25) is 0 Å². The number of carbonyl (C=O) groups is 1. The fraction of sp³-hybridized carbons (Fsp3) is 0.333. The largest absolute Gasteiger partial charge is 0.382 e. The Balaban J connectivity index is 1.66. The Morgan fingerprint density at radius 2 is 2.25 bits per heavy atom. The predicted molar refractivity (Wildman–Crippen MR) is 95.8 cm³/mol. The standard InChI is InChI=1S/C18H20ClN3O2/c1-12-4-5-13(19)9-16(12)22-18(23)17-10-14(6-7-20-17)21-11-15-3-2-8-24-15/h4-7,9-10,15H,2-3,8,11H2,1H3,(H,20,21)(H,22,23). The number of rotatable bonds is 5. The molecule has 2 N–H and O–H groups in total. The molecule has 1 aromatic carbocycles. The topological polar surface area (TPSA) is 63.2 Å². The molecule has 1 aromatic heterocycles. The number of carbonyl (C=O) groups excluding carboxylic acids is 1. The number of benzene rings is 1. The zero-order valence-electron chi connectivity index (χ0n) is 13.5. The number of hydrogen-bond acceptors (Lipinski definition) is 4. The van der Waals surface area contributed by atoms with Crippen LogP contribution in [0.3, 0.4) is 0 Å². The van der Waals surface area contributed by atoms with E-state index in [1.165, 1.54) is 0 Å². The summed E-state index contributed by atoms with van der Waals surface area (Å²) >= 11 is 5.99. The molecule has 0 saturated carbocycles. The van der Waals surface area contributed by atoms with Crippen molar-refractivity contribution in [3.8, 4) is 0 Å². The third-order valence-corrected chi connectivity index (χ3v) is 4.23. The van der Waals surface area contributed by atoms with E-state index in [1.807, 2.05) is 19.1 Å². The summed E-state index contributed by atoms with van der Waals surface area (Å²) in [6, 6.07) is 8.97. The Morgan fingerprint density at radius 3 is 3.04 bits per heavy atom. The van der Waals surface area contributed by atoms with Gasteiger partial charge in [-0.3, -0.25) is 9.78 Å². The van der Waals surface area contributed by atoms with Crippen LogP contribution in [0.25, 0.3) is 0 Å². The number of aryl methyl sites for hydroxylation is 1. The van der Waals surface area contributed by atoms with Crippen molar-refractivity contribution < 1.29 is 9.53 Å². The molecule has 0 spiro atoms. The van der Waals surface area contributed by atoms with E-state index in [2.05, 4.69) is 15.6 Å². The Morgan fingerprint density at radius 1 is 1.38 bits per heavy atom. The van der Waals surface area contributed by atoms with E-state index < -0.39 is 0 Å². The number of anilines is 2. The Bertz CT molecular complexity index is 730. The lowest BCUT2D eigenvalue weighted by Gasteiger charge is -2.13. The molecule has 1 aliphatic heterocycles. The van der Waals surface area contributed by atoms with E-state index >= 15 is 0 Å². The highest BCUT2D eigenvalue weighted by atomic mass is 35.5. The van der Waals surface area contributed by atoms with E-state index in [1.54, 1.807) is 24.4 Å². The van der Waals surface area contributed by atoms with Crippen molar-refractivity contribution in [2.75, 3.05) is 23.8 Å². The number of ether oxygens (including phenoxy) is 1. The van der Waals surface area contributed by atoms with Gasteiger partial charge in [-0.15, -0.1) is 0 Å². The number of nitrogens with zero attached hydrogens (tertiary/aromatic N) is 1. The third-order valence-electron chi connectivity index (χ3n) is 4.00. The van der Waals surface area contributed by atoms with Crippen LogP contribution < -0.4 is 10.6 Å². The number of halogens is 1. The van der Waals surface area contributed by atoms with Gasteiger partial charge in [0.05, 0.1) is 6.10 Å². The van der Waals surface area contributed by atoms with Crippen LogP contribution in [-0.2, 0) is 4.74 Å². The molecule has 24 heavy (non-hydrogen) atoms. The molecule has 6 heteroatoms. The summed E-state index contributed by atoms with van der Waals surface area (Å²) in [7, 11) is 0. The van der Waals surface area contributed by atoms with Crippen LogP contribution in [0.4, 0.5) is 11.4 Å². The lowest BCUT2D eigenvalue weighted by Crippen LogP contribution is -2.19. The quantitative estimate of drug-likeness (QED) is 0.863. The molecule has 3 rings (SSSR count). The first kappa shape index (κ1) is 16.7. The molecule has 0 radical (unpaired) electrons. The van der Waals surface area contributed by atoms with E-state index in [-0.39, 0.29) is 12.0 Å². The minimum atomic E-state index is -0.263. The van der Waals surface area contributed by atoms with Crippen LogP contribution in [0.1, 0.15) is 28.9 Å². The summed E-state index contributed by atoms with van der Waals surface area (Å²) < 4.78 is 5.59. The van der Waals surface area contributed by atoms with Crippen molar-refractivity contribution in [2.24, 2.45) is 0 Å². The summed E-state index contributed by atoms with van der Waals surface area (Å²) in [5.41, 5.74) is 2.84. The molecule has 0 bridgehead atoms. The molecule has 1 unspecified atom stereocenters. The molecule has 0 aliphatic carbocycles. The molecule has 126 valence electrons. The highest BCUT2D eigenvalue weighted by Crippen LogP contribution is 2.21. The van der Waals surface area contributed by atoms with Crippen LogP contribution in [0.15, 0.2) is 36.5 Å². The van der Waals surface area contributed by atoms with Crippen molar-refractivity contribution in [3.05, 3.63) is 52.8 Å². The zero-order chi connectivity index (χ0) is 16.9. The second-order valence-electron chi connectivity index (χ2n) is 5.86. The fourth-order valence-electron chi connectivity index (χ4n) is 2.62. The summed E-state index contributed by atoms with van der Waals surface area (Å²) in [5, 5.41) is 6.73. The lowest BCUT2D eigenvalue weighted by atomic mass is 10.2. The monoisotopic (exact) mass is 345 g/mol. The van der Waals surface area contributed by atoms with Gasteiger partial charge in [0.15, 0.2) is 0 Å². The smallest absolute Gasteiger partial charge is 0.274 e. The fourth-order valence-corrected chi connectivity index (χ4v) is 2.79. The van der Waals surface area contributed by atoms with Crippen molar-refractivity contribution in [1.82, 2.24) is 4.98 Å². The number of nitrogens with one attached hydrogen (secondary N) is 2. The van der Waals surface area contributed by atoms with Crippen LogP contribution >= 0.6 is 11.6 Å². The van der Waals surface area contributed by atoms with Gasteiger partial charge in [-0.05, 0) is 49.6 Å². The molecule has 2 heterocycles. The van der Waals surface area contributed by atoms with Crippen molar-refractivity contribution in [1.29, 1.82) is 0 Å². The minimum absolute atomic E-state index is 0.240. The third kappa shape index (κ3) is 4.24. The second-order valence-corrected chi connectivity index (χ2v) is 6.30. The SMILES string of the molecule is Cc1ccc(Cl)cc1NC(=O)c1cc(NCC2CCCO2)ccn1. The van der Waals surface area contributed by atoms with Crippen molar-refractivity contribution in [2.45, 2.75) is 25.9 Å². The van der Waals surface area contributed by atoms with E-state index in [0.29, 0.717) is 16.4 Å². The molecule has 1 fully saturated rings. The average molecular weight is 346 g/mol. The first-order valence-corrected chi connectivity index (χ1v) is 8.38. The highest BCUT2D eigenvalue weighted by molar-refractivity contribution is 6.31. The van der Waals surface area contributed by atoms with Gasteiger partial charge in [-0.25, -0.2) is 0 Å². The second kappa shape index (κ2) is 7.64. The van der Waals surface area contributed by atoms with Crippen LogP contribution in [0, 0.1) is 6.92 Å². The lowest BCUT2D eigenvalue weighted by molar-refractivity contribution is 0.102. The van der Waals surface area contributed by atoms with Crippen LogP contribution in [0.2, 0.25) is 5.02 Å². The van der Waals surface area contributed by atoms with Gasteiger partial charge in [0.1, 0.15) is 5.69 Å². The molecule has 1 atom stereocenters. The van der Waals surface area contributed by atoms with Gasteiger partial charge < -0.3 is 15.4 Å². The Hall–Kier alpha value is -2.11. The van der Waals surface area contributed by atoms with Crippen LogP contribution in [-0.4, -0.2) is 30.1 Å². The zero-order valence-corrected chi connectivity index (χ0v) is 14.3. The minimum Gasteiger partial charge on any atom is -0.382 e. The van der Waals surface area contributed by atoms with Crippen molar-refractivity contribution >= 4 is 28.9 Å². The summed E-state index contributed by atoms with van der Waals surface area (Å²) in [5.74, 6) is -0.263. The summed E-state index contributed by atoms with van der Waals surface area (Å²) in [6.07, 6.45) is 4.04. The molecule has 5 nitrogen and oxygen atoms in total. The van der Waals surface area contributed by atoms with Gasteiger partial charge in [-0.2, -0.15) is 0 Å². The van der Waals surface area contributed by atoms with E-state index in [0.717, 1.165) is 37.2 Å². The number of aromatic nitrogens is 1. The highest BCUT2D eigenvalue weighted by Gasteiger charge is 2.15. The van der Waals surface area contributed by atoms with E-state index in [9.17, 15) is 4.79 Å². The molecule has 2 aromatic rings. The molecule has 1 saturated heterocycles. The maximum Gasteiger partial charge on any atom is 0.274 e. The Labute approximate surface area is 146 Å². The molecule has 1 aliphatic rings. The molecular formula is C18H20ClN3O2. The number of amides is 1. The summed E-state index contributed by atoms with van der Waals surface area (Å²) in [6.45, 7) is 3.48. The Kier molecular flexibility index (Phi) is 5.33. The molecule has 1 amide bonds. The normalized spacial score (nSPS) is 16.8. The predicted octanol–water partition coefficient (Wildman–Crippen LogP) is 3.89. The average Bonchev–Trinajstić information content (AvgIpc) is 3.10. The first-order valence-electron chi connectivity index (χ1n) is 8.01. The van der Waals surface area contributed by atoms with Gasteiger partial charge in [-0.1, -0.05) is 17.7 Å². The number of hydrogen-bond donors (Lipinski definition) is 2. The van der Waals surface area contributed by atoms with E-state index in [4.69, 9.17) is 16.3 Å². The summed E-state index contributed by atoms with van der Waals surface area (Å²) in [4.78, 5) is 16.6. The number of pyridine rings is 1. The maximum absolute atomic E-state index is 12.4.